The van der Waals surface area contributed by atoms with Gasteiger partial charge in [0.15, 0.2) is 5.92 Å². The first-order valence-electron chi connectivity index (χ1n) is 6.93. The zero-order valence-corrected chi connectivity index (χ0v) is 13.4. The van der Waals surface area contributed by atoms with Crippen molar-refractivity contribution in [3.8, 4) is 0 Å². The number of anilines is 1. The Balaban J connectivity index is 2.82. The number of carbonyl (C=O) groups is 3. The highest BCUT2D eigenvalue weighted by molar-refractivity contribution is 5.94. The van der Waals surface area contributed by atoms with Crippen molar-refractivity contribution >= 4 is 23.8 Å². The van der Waals surface area contributed by atoms with Crippen LogP contribution in [-0.4, -0.2) is 38.8 Å². The van der Waals surface area contributed by atoms with E-state index in [4.69, 9.17) is 14.9 Å². The molecule has 0 bridgehead atoms. The van der Waals surface area contributed by atoms with E-state index in [1.807, 2.05) is 0 Å². The molecule has 1 rings (SSSR count). The molecular weight excluding hydrogens is 304 g/mol. The molecule has 0 aliphatic heterocycles. The molecule has 0 aromatic carbocycles. The minimum Gasteiger partial charge on any atom is -0.481 e. The Bertz CT molecular complexity index is 577. The zero-order chi connectivity index (χ0) is 17.8. The third-order valence-corrected chi connectivity index (χ3v) is 2.97. The molecule has 1 atom stereocenters. The summed E-state index contributed by atoms with van der Waals surface area (Å²) in [7, 11) is 0. The van der Waals surface area contributed by atoms with E-state index in [2.05, 4.69) is 10.3 Å². The van der Waals surface area contributed by atoms with Gasteiger partial charge in [-0.3, -0.25) is 14.9 Å². The number of rotatable bonds is 5. The number of nitrogens with zero attached hydrogens (tertiary/aromatic N) is 1. The number of nitrogens with one attached hydrogen (secondary N) is 1. The molecule has 1 unspecified atom stereocenters. The van der Waals surface area contributed by atoms with Crippen molar-refractivity contribution in [3.63, 3.8) is 0 Å². The van der Waals surface area contributed by atoms with Crippen molar-refractivity contribution in [1.29, 1.82) is 0 Å². The van der Waals surface area contributed by atoms with E-state index in [1.54, 1.807) is 20.8 Å². The molecular formula is C15H20N2O6. The van der Waals surface area contributed by atoms with Crippen molar-refractivity contribution in [2.45, 2.75) is 39.2 Å². The maximum Gasteiger partial charge on any atom is 0.413 e. The van der Waals surface area contributed by atoms with Crippen molar-refractivity contribution in [3.05, 3.63) is 23.9 Å². The quantitative estimate of drug-likeness (QED) is 0.709. The van der Waals surface area contributed by atoms with Crippen LogP contribution in [0, 0.1) is 5.92 Å². The van der Waals surface area contributed by atoms with Gasteiger partial charge in [-0.1, -0.05) is 13.0 Å². The molecule has 1 aromatic rings. The number of aliphatic carboxylic acids is 2. The molecule has 0 aliphatic rings. The SMILES string of the molecule is CC(c1ccc(NC(=O)OC(C)(C)C)nc1)C(C(=O)O)C(=O)O. The molecule has 0 radical (unpaired) electrons. The van der Waals surface area contributed by atoms with Gasteiger partial charge < -0.3 is 14.9 Å². The summed E-state index contributed by atoms with van der Waals surface area (Å²) in [4.78, 5) is 37.6. The van der Waals surface area contributed by atoms with Crippen LogP contribution in [0.2, 0.25) is 0 Å². The molecule has 8 heteroatoms. The van der Waals surface area contributed by atoms with Gasteiger partial charge in [0.25, 0.3) is 0 Å². The number of hydrogen-bond donors (Lipinski definition) is 3. The summed E-state index contributed by atoms with van der Waals surface area (Å²) >= 11 is 0. The largest absolute Gasteiger partial charge is 0.481 e. The Morgan fingerprint density at radius 3 is 2.13 bits per heavy atom. The van der Waals surface area contributed by atoms with Crippen LogP contribution in [0.3, 0.4) is 0 Å². The summed E-state index contributed by atoms with van der Waals surface area (Å²) in [6, 6.07) is 2.97. The first-order valence-corrected chi connectivity index (χ1v) is 6.93. The minimum atomic E-state index is -1.57. The van der Waals surface area contributed by atoms with E-state index in [1.165, 1.54) is 25.3 Å². The highest BCUT2D eigenvalue weighted by Gasteiger charge is 2.33. The normalized spacial score (nSPS) is 12.6. The standard InChI is InChI=1S/C15H20N2O6/c1-8(11(12(18)19)13(20)21)9-5-6-10(16-7-9)17-14(22)23-15(2,3)4/h5-8,11H,1-4H3,(H,18,19)(H,20,21)(H,16,17,22). The van der Waals surface area contributed by atoms with E-state index in [-0.39, 0.29) is 5.82 Å². The van der Waals surface area contributed by atoms with E-state index in [9.17, 15) is 14.4 Å². The van der Waals surface area contributed by atoms with Crippen LogP contribution in [0.15, 0.2) is 18.3 Å². The highest BCUT2D eigenvalue weighted by atomic mass is 16.6. The monoisotopic (exact) mass is 324 g/mol. The van der Waals surface area contributed by atoms with Gasteiger partial charge in [0.1, 0.15) is 11.4 Å². The molecule has 3 N–H and O–H groups in total. The van der Waals surface area contributed by atoms with Gasteiger partial charge in [0.05, 0.1) is 0 Å². The van der Waals surface area contributed by atoms with Crippen LogP contribution in [0.1, 0.15) is 39.2 Å². The van der Waals surface area contributed by atoms with E-state index in [0.29, 0.717) is 5.56 Å². The third-order valence-electron chi connectivity index (χ3n) is 2.97. The van der Waals surface area contributed by atoms with E-state index < -0.39 is 35.5 Å². The molecule has 1 aromatic heterocycles. The lowest BCUT2D eigenvalue weighted by atomic mass is 9.88. The number of ether oxygens (including phenoxy) is 1. The Morgan fingerprint density at radius 1 is 1.17 bits per heavy atom. The molecule has 8 nitrogen and oxygen atoms in total. The Kier molecular flexibility index (Phi) is 5.67. The second kappa shape index (κ2) is 7.08. The van der Waals surface area contributed by atoms with Crippen LogP contribution < -0.4 is 5.32 Å². The molecule has 1 heterocycles. The van der Waals surface area contributed by atoms with Crippen LogP contribution in [0.25, 0.3) is 0 Å². The molecule has 0 aliphatic carbocycles. The van der Waals surface area contributed by atoms with Gasteiger partial charge in [-0.2, -0.15) is 0 Å². The third kappa shape index (κ3) is 5.57. The van der Waals surface area contributed by atoms with Crippen LogP contribution in [-0.2, 0) is 14.3 Å². The highest BCUT2D eigenvalue weighted by Crippen LogP contribution is 2.25. The Morgan fingerprint density at radius 2 is 1.74 bits per heavy atom. The second-order valence-electron chi connectivity index (χ2n) is 6.05. The minimum absolute atomic E-state index is 0.220. The number of aromatic nitrogens is 1. The predicted octanol–water partition coefficient (Wildman–Crippen LogP) is 2.32. The lowest BCUT2D eigenvalue weighted by Gasteiger charge is -2.20. The number of pyridine rings is 1. The first kappa shape index (κ1) is 18.4. The fourth-order valence-corrected chi connectivity index (χ4v) is 1.88. The van der Waals surface area contributed by atoms with Gasteiger partial charge in [0, 0.05) is 12.1 Å². The lowest BCUT2D eigenvalue weighted by molar-refractivity contribution is -0.155. The van der Waals surface area contributed by atoms with Gasteiger partial charge in [-0.25, -0.2) is 9.78 Å². The second-order valence-corrected chi connectivity index (χ2v) is 6.05. The van der Waals surface area contributed by atoms with Crippen LogP contribution in [0.5, 0.6) is 0 Å². The fraction of sp³-hybridized carbons (Fsp3) is 0.467. The molecule has 0 spiro atoms. The summed E-state index contributed by atoms with van der Waals surface area (Å²) in [5.41, 5.74) is -0.205. The topological polar surface area (TPSA) is 126 Å². The number of carbonyl (C=O) groups excluding carboxylic acids is 1. The number of carboxylic acids is 2. The maximum absolute atomic E-state index is 11.6. The molecule has 1 amide bonds. The number of hydrogen-bond acceptors (Lipinski definition) is 5. The van der Waals surface area contributed by atoms with Crippen LogP contribution >= 0.6 is 0 Å². The Labute approximate surface area is 133 Å². The molecule has 0 saturated heterocycles. The average molecular weight is 324 g/mol. The number of amides is 1. The van der Waals surface area contributed by atoms with Gasteiger partial charge in [-0.15, -0.1) is 0 Å². The fourth-order valence-electron chi connectivity index (χ4n) is 1.88. The van der Waals surface area contributed by atoms with Crippen molar-refractivity contribution in [2.24, 2.45) is 5.92 Å². The average Bonchev–Trinajstić information content (AvgIpc) is 2.36. The lowest BCUT2D eigenvalue weighted by Crippen LogP contribution is -2.29. The Hall–Kier alpha value is -2.64. The predicted molar refractivity (Wildman–Crippen MR) is 81.3 cm³/mol. The molecule has 126 valence electrons. The van der Waals surface area contributed by atoms with Gasteiger partial charge in [0.2, 0.25) is 0 Å². The summed E-state index contributed by atoms with van der Waals surface area (Å²) in [5.74, 6) is -4.95. The molecule has 0 saturated carbocycles. The number of carboxylic acid groups (broad SMARTS) is 2. The summed E-state index contributed by atoms with van der Waals surface area (Å²) < 4.78 is 5.08. The van der Waals surface area contributed by atoms with Crippen molar-refractivity contribution in [2.75, 3.05) is 5.32 Å². The van der Waals surface area contributed by atoms with E-state index >= 15 is 0 Å². The van der Waals surface area contributed by atoms with Crippen molar-refractivity contribution in [1.82, 2.24) is 4.98 Å². The maximum atomic E-state index is 11.6. The smallest absolute Gasteiger partial charge is 0.413 e. The van der Waals surface area contributed by atoms with Crippen molar-refractivity contribution < 1.29 is 29.3 Å². The van der Waals surface area contributed by atoms with E-state index in [0.717, 1.165) is 0 Å². The summed E-state index contributed by atoms with van der Waals surface area (Å²) in [6.07, 6.45) is 0.663. The zero-order valence-electron chi connectivity index (χ0n) is 13.4. The van der Waals surface area contributed by atoms with Gasteiger partial charge in [-0.05, 0) is 32.4 Å². The van der Waals surface area contributed by atoms with Crippen LogP contribution in [0.4, 0.5) is 10.6 Å². The van der Waals surface area contributed by atoms with Gasteiger partial charge >= 0.3 is 18.0 Å². The summed E-state index contributed by atoms with van der Waals surface area (Å²) in [5, 5.41) is 20.4. The molecule has 23 heavy (non-hydrogen) atoms. The molecule has 0 fully saturated rings. The first-order chi connectivity index (χ1) is 10.5. The summed E-state index contributed by atoms with van der Waals surface area (Å²) in [6.45, 7) is 6.67.